The van der Waals surface area contributed by atoms with Gasteiger partial charge in [0.1, 0.15) is 0 Å². The first-order valence-corrected chi connectivity index (χ1v) is 5.80. The number of nitro benzene ring substituents is 1. The van der Waals surface area contributed by atoms with E-state index in [1.54, 1.807) is 6.07 Å². The third-order valence-corrected chi connectivity index (χ3v) is 2.78. The third kappa shape index (κ3) is 3.37. The third-order valence-electron chi connectivity index (χ3n) is 2.78. The van der Waals surface area contributed by atoms with Crippen LogP contribution in [0.5, 0.6) is 0 Å². The largest absolute Gasteiger partial charge is 0.416 e. The minimum atomic E-state index is -4.75. The smallest absolute Gasteiger partial charge is 0.382 e. The second-order valence-electron chi connectivity index (χ2n) is 4.28. The number of benzene rings is 1. The summed E-state index contributed by atoms with van der Waals surface area (Å²) in [5.74, 6) is 0. The Bertz CT molecular complexity index is 654. The molecule has 1 N–H and O–H groups in total. The molecule has 0 fully saturated rings. The number of aliphatic hydroxyl groups is 1. The second kappa shape index (κ2) is 5.52. The van der Waals surface area contributed by atoms with Crippen LogP contribution in [0, 0.1) is 10.1 Å². The van der Waals surface area contributed by atoms with E-state index >= 15 is 0 Å². The molecule has 1 aromatic heterocycles. The van der Waals surface area contributed by atoms with Gasteiger partial charge in [-0.2, -0.15) is 18.3 Å². The zero-order valence-corrected chi connectivity index (χ0v) is 10.5. The van der Waals surface area contributed by atoms with Gasteiger partial charge < -0.3 is 5.11 Å². The molecule has 0 aliphatic heterocycles. The van der Waals surface area contributed by atoms with Crippen molar-refractivity contribution in [2.24, 2.45) is 0 Å². The quantitative estimate of drug-likeness (QED) is 0.694. The van der Waals surface area contributed by atoms with Gasteiger partial charge in [-0.3, -0.25) is 14.8 Å². The van der Waals surface area contributed by atoms with Gasteiger partial charge in [0.2, 0.25) is 0 Å². The predicted octanol–water partition coefficient (Wildman–Crippen LogP) is 2.38. The van der Waals surface area contributed by atoms with E-state index in [2.05, 4.69) is 5.10 Å². The zero-order valence-electron chi connectivity index (χ0n) is 10.5. The maximum atomic E-state index is 12.3. The number of halogens is 3. The Morgan fingerprint density at radius 1 is 1.38 bits per heavy atom. The molecule has 9 heteroatoms. The van der Waals surface area contributed by atoms with E-state index < -0.39 is 23.7 Å². The Labute approximate surface area is 116 Å². The molecule has 0 bridgehead atoms. The normalized spacial score (nSPS) is 13.1. The summed E-state index contributed by atoms with van der Waals surface area (Å²) in [5.41, 5.74) is 0.375. The molecule has 1 aromatic carbocycles. The lowest BCUT2D eigenvalue weighted by Crippen LogP contribution is -2.32. The summed E-state index contributed by atoms with van der Waals surface area (Å²) in [6.07, 6.45) is -4.86. The van der Waals surface area contributed by atoms with Gasteiger partial charge in [-0.25, -0.2) is 0 Å². The van der Waals surface area contributed by atoms with Crippen molar-refractivity contribution in [1.29, 1.82) is 0 Å². The number of nitro groups is 1. The number of hydrogen-bond acceptors (Lipinski definition) is 4. The Balaban J connectivity index is 2.27. The summed E-state index contributed by atoms with van der Waals surface area (Å²) in [6.45, 7) is -0.774. The highest BCUT2D eigenvalue weighted by molar-refractivity contribution is 5.72. The maximum Gasteiger partial charge on any atom is 0.416 e. The second-order valence-corrected chi connectivity index (χ2v) is 4.28. The highest BCUT2D eigenvalue weighted by Crippen LogP contribution is 2.29. The maximum absolute atomic E-state index is 12.3. The molecule has 0 saturated heterocycles. The number of para-hydroxylation sites is 1. The van der Waals surface area contributed by atoms with Crippen LogP contribution in [0.3, 0.4) is 0 Å². The van der Waals surface area contributed by atoms with E-state index in [9.17, 15) is 23.3 Å². The minimum absolute atomic E-state index is 0.173. The van der Waals surface area contributed by atoms with Gasteiger partial charge in [0.05, 0.1) is 23.2 Å². The number of nitrogens with zero attached hydrogens (tertiary/aromatic N) is 3. The van der Waals surface area contributed by atoms with Crippen LogP contribution in [0.2, 0.25) is 0 Å². The number of aliphatic hydroxyl groups excluding tert-OH is 1. The summed E-state index contributed by atoms with van der Waals surface area (Å²) < 4.78 is 37.7. The fraction of sp³-hybridized carbons (Fsp3) is 0.250. The van der Waals surface area contributed by atoms with Crippen molar-refractivity contribution in [3.8, 4) is 11.1 Å². The number of alkyl halides is 3. The molecule has 0 amide bonds. The zero-order chi connectivity index (χ0) is 15.6. The Morgan fingerprint density at radius 3 is 2.67 bits per heavy atom. The van der Waals surface area contributed by atoms with Gasteiger partial charge >= 0.3 is 6.18 Å². The summed E-state index contributed by atoms with van der Waals surface area (Å²) in [4.78, 5) is 10.3. The fourth-order valence-electron chi connectivity index (χ4n) is 1.76. The summed E-state index contributed by atoms with van der Waals surface area (Å²) in [7, 11) is 0. The average molecular weight is 301 g/mol. The number of rotatable bonds is 4. The van der Waals surface area contributed by atoms with Crippen molar-refractivity contribution in [1.82, 2.24) is 9.78 Å². The Hall–Kier alpha value is -2.42. The molecule has 0 aliphatic carbocycles. The van der Waals surface area contributed by atoms with Gasteiger partial charge in [-0.1, -0.05) is 12.1 Å². The molecule has 0 radical (unpaired) electrons. The molecular weight excluding hydrogens is 291 g/mol. The standard InChI is InChI=1S/C12H10F3N3O3/c13-12(14,15)11(19)7-17-6-8(5-16-17)9-3-1-2-4-10(9)18(20)21/h1-6,11,19H,7H2. The average Bonchev–Trinajstić information content (AvgIpc) is 2.86. The van der Waals surface area contributed by atoms with E-state index in [0.29, 0.717) is 5.56 Å². The van der Waals surface area contributed by atoms with Gasteiger partial charge in [-0.05, 0) is 6.07 Å². The van der Waals surface area contributed by atoms with Crippen molar-refractivity contribution in [2.75, 3.05) is 0 Å². The van der Waals surface area contributed by atoms with Crippen LogP contribution >= 0.6 is 0 Å². The first kappa shape index (κ1) is 15.0. The highest BCUT2D eigenvalue weighted by Gasteiger charge is 2.38. The van der Waals surface area contributed by atoms with Crippen LogP contribution in [0.15, 0.2) is 36.7 Å². The summed E-state index contributed by atoms with van der Waals surface area (Å²) in [5, 5.41) is 23.5. The van der Waals surface area contributed by atoms with Crippen molar-refractivity contribution >= 4 is 5.69 Å². The van der Waals surface area contributed by atoms with Gasteiger partial charge in [0, 0.05) is 17.8 Å². The lowest BCUT2D eigenvalue weighted by molar-refractivity contribution is -0.384. The number of hydrogen-bond donors (Lipinski definition) is 1. The van der Waals surface area contributed by atoms with E-state index in [1.807, 2.05) is 0 Å². The van der Waals surface area contributed by atoms with E-state index in [4.69, 9.17) is 5.11 Å². The van der Waals surface area contributed by atoms with Crippen molar-refractivity contribution in [2.45, 2.75) is 18.8 Å². The molecule has 1 heterocycles. The lowest BCUT2D eigenvalue weighted by Gasteiger charge is -2.13. The SMILES string of the molecule is O=[N+]([O-])c1ccccc1-c1cnn(CC(O)C(F)(F)F)c1. The molecule has 0 spiro atoms. The van der Waals surface area contributed by atoms with Crippen molar-refractivity contribution in [3.63, 3.8) is 0 Å². The van der Waals surface area contributed by atoms with Gasteiger partial charge in [-0.15, -0.1) is 0 Å². The van der Waals surface area contributed by atoms with Crippen LogP contribution in [0.1, 0.15) is 0 Å². The minimum Gasteiger partial charge on any atom is -0.382 e. The molecule has 1 atom stereocenters. The molecule has 0 saturated carbocycles. The molecule has 2 aromatic rings. The fourth-order valence-corrected chi connectivity index (χ4v) is 1.76. The Morgan fingerprint density at radius 2 is 2.05 bits per heavy atom. The first-order valence-electron chi connectivity index (χ1n) is 5.80. The molecule has 21 heavy (non-hydrogen) atoms. The molecule has 6 nitrogen and oxygen atoms in total. The monoisotopic (exact) mass is 301 g/mol. The van der Waals surface area contributed by atoms with Crippen LogP contribution in [-0.4, -0.2) is 32.1 Å². The highest BCUT2D eigenvalue weighted by atomic mass is 19.4. The first-order chi connectivity index (χ1) is 9.79. The molecule has 112 valence electrons. The summed E-state index contributed by atoms with van der Waals surface area (Å²) in [6, 6.07) is 5.82. The summed E-state index contributed by atoms with van der Waals surface area (Å²) >= 11 is 0. The van der Waals surface area contributed by atoms with Crippen LogP contribution in [-0.2, 0) is 6.54 Å². The van der Waals surface area contributed by atoms with E-state index in [0.717, 1.165) is 4.68 Å². The van der Waals surface area contributed by atoms with Crippen LogP contribution in [0.4, 0.5) is 18.9 Å². The van der Waals surface area contributed by atoms with Gasteiger partial charge in [0.25, 0.3) is 5.69 Å². The predicted molar refractivity (Wildman–Crippen MR) is 66.4 cm³/mol. The van der Waals surface area contributed by atoms with E-state index in [1.165, 1.54) is 30.6 Å². The van der Waals surface area contributed by atoms with Crippen molar-refractivity contribution < 1.29 is 23.2 Å². The van der Waals surface area contributed by atoms with Crippen molar-refractivity contribution in [3.05, 3.63) is 46.8 Å². The molecule has 1 unspecified atom stereocenters. The molecule has 2 rings (SSSR count). The molecular formula is C12H10F3N3O3. The van der Waals surface area contributed by atoms with E-state index in [-0.39, 0.29) is 11.3 Å². The van der Waals surface area contributed by atoms with Crippen LogP contribution < -0.4 is 0 Å². The topological polar surface area (TPSA) is 81.2 Å². The van der Waals surface area contributed by atoms with Crippen LogP contribution in [0.25, 0.3) is 11.1 Å². The Kier molecular flexibility index (Phi) is 3.94. The molecule has 0 aliphatic rings. The lowest BCUT2D eigenvalue weighted by atomic mass is 10.1. The van der Waals surface area contributed by atoms with Gasteiger partial charge in [0.15, 0.2) is 6.10 Å². The number of aromatic nitrogens is 2.